The Morgan fingerprint density at radius 2 is 2.05 bits per heavy atom. The Kier molecular flexibility index (Phi) is 10.6. The molecule has 2 rings (SSSR count). The van der Waals surface area contributed by atoms with Gasteiger partial charge in [-0.2, -0.15) is 0 Å². The topological polar surface area (TPSA) is 28.2 Å². The van der Waals surface area contributed by atoms with Crippen LogP contribution < -0.4 is 5.32 Å². The zero-order valence-corrected chi connectivity index (χ0v) is 14.2. The van der Waals surface area contributed by atoms with Gasteiger partial charge < -0.3 is 5.32 Å². The lowest BCUT2D eigenvalue weighted by Gasteiger charge is -2.35. The fourth-order valence-electron chi connectivity index (χ4n) is 2.58. The molecule has 1 aromatic rings. The predicted molar refractivity (Wildman–Crippen MR) is 90.5 cm³/mol. The summed E-state index contributed by atoms with van der Waals surface area (Å²) in [7, 11) is 0. The molecule has 1 saturated heterocycles. The number of hydrogen-bond donors (Lipinski definition) is 1. The maximum atomic E-state index is 6.31. The molecular formula is C14H24Cl3N3. The van der Waals surface area contributed by atoms with E-state index in [4.69, 9.17) is 11.6 Å². The van der Waals surface area contributed by atoms with E-state index in [0.717, 1.165) is 31.2 Å². The molecule has 116 valence electrons. The molecule has 1 aliphatic heterocycles. The molecule has 2 heterocycles. The molecule has 0 aromatic carbocycles. The van der Waals surface area contributed by atoms with Crippen molar-refractivity contribution in [2.45, 2.75) is 32.2 Å². The fourth-order valence-corrected chi connectivity index (χ4v) is 2.83. The van der Waals surface area contributed by atoms with E-state index in [2.05, 4.69) is 28.2 Å². The summed E-state index contributed by atoms with van der Waals surface area (Å²) in [5, 5.41) is 4.21. The second-order valence-electron chi connectivity index (χ2n) is 4.84. The molecule has 0 radical (unpaired) electrons. The molecule has 20 heavy (non-hydrogen) atoms. The molecule has 1 aromatic heterocycles. The first-order valence-corrected chi connectivity index (χ1v) is 7.25. The summed E-state index contributed by atoms with van der Waals surface area (Å²) in [6, 6.07) is 2.52. The van der Waals surface area contributed by atoms with Crippen LogP contribution in [0.1, 0.15) is 37.8 Å². The van der Waals surface area contributed by atoms with Gasteiger partial charge in [-0.1, -0.05) is 31.4 Å². The zero-order chi connectivity index (χ0) is 12.8. The Hall–Kier alpha value is -0.0600. The first-order valence-electron chi connectivity index (χ1n) is 6.87. The van der Waals surface area contributed by atoms with E-state index < -0.39 is 0 Å². The summed E-state index contributed by atoms with van der Waals surface area (Å²) < 4.78 is 0. The minimum atomic E-state index is 0. The van der Waals surface area contributed by atoms with Crippen LogP contribution in [0.15, 0.2) is 18.5 Å². The van der Waals surface area contributed by atoms with Crippen molar-refractivity contribution in [2.24, 2.45) is 0 Å². The smallest absolute Gasteiger partial charge is 0.0637 e. The van der Waals surface area contributed by atoms with Crippen molar-refractivity contribution >= 4 is 36.4 Å². The van der Waals surface area contributed by atoms with Crippen molar-refractivity contribution < 1.29 is 0 Å². The van der Waals surface area contributed by atoms with Crippen LogP contribution in [0.2, 0.25) is 5.02 Å². The van der Waals surface area contributed by atoms with Crippen molar-refractivity contribution in [3.63, 3.8) is 0 Å². The molecule has 0 bridgehead atoms. The Balaban J connectivity index is 0.00000180. The number of aromatic nitrogens is 1. The second-order valence-corrected chi connectivity index (χ2v) is 5.25. The Morgan fingerprint density at radius 3 is 2.65 bits per heavy atom. The molecule has 3 nitrogen and oxygen atoms in total. The molecule has 1 aliphatic rings. The highest BCUT2D eigenvalue weighted by atomic mass is 35.5. The van der Waals surface area contributed by atoms with Gasteiger partial charge in [-0.05, 0) is 18.1 Å². The molecule has 6 heteroatoms. The SMILES string of the molecule is CCCC[C@@H](c1ccncc1Cl)N1CCNCC1.Cl.Cl. The standard InChI is InChI=1S/C14H22ClN3.2ClH/c1-2-3-4-14(18-9-7-16-8-10-18)12-5-6-17-11-13(12)15;;/h5-6,11,14,16H,2-4,7-10H2,1H3;2*1H/t14-;;/m0../s1. The van der Waals surface area contributed by atoms with Crippen LogP contribution >= 0.6 is 36.4 Å². The normalized spacial score (nSPS) is 16.9. The van der Waals surface area contributed by atoms with Crippen LogP contribution in [0.4, 0.5) is 0 Å². The van der Waals surface area contributed by atoms with Gasteiger partial charge in [-0.15, -0.1) is 24.8 Å². The lowest BCUT2D eigenvalue weighted by atomic mass is 9.99. The first-order chi connectivity index (χ1) is 8.83. The summed E-state index contributed by atoms with van der Waals surface area (Å²) >= 11 is 6.31. The van der Waals surface area contributed by atoms with Gasteiger partial charge in [0.05, 0.1) is 5.02 Å². The molecule has 0 amide bonds. The summed E-state index contributed by atoms with van der Waals surface area (Å²) in [5.74, 6) is 0. The van der Waals surface area contributed by atoms with Crippen LogP contribution in [0.25, 0.3) is 0 Å². The highest BCUT2D eigenvalue weighted by Gasteiger charge is 2.23. The van der Waals surface area contributed by atoms with Gasteiger partial charge in [0.15, 0.2) is 0 Å². The quantitative estimate of drug-likeness (QED) is 0.885. The number of nitrogens with zero attached hydrogens (tertiary/aromatic N) is 2. The number of unbranched alkanes of at least 4 members (excludes halogenated alkanes) is 1. The van der Waals surface area contributed by atoms with Gasteiger partial charge in [0.25, 0.3) is 0 Å². The third-order valence-corrected chi connectivity index (χ3v) is 3.90. The molecule has 0 aliphatic carbocycles. The van der Waals surface area contributed by atoms with E-state index in [9.17, 15) is 0 Å². The van der Waals surface area contributed by atoms with E-state index in [1.54, 1.807) is 6.20 Å². The minimum absolute atomic E-state index is 0. The maximum Gasteiger partial charge on any atom is 0.0637 e. The van der Waals surface area contributed by atoms with Crippen LogP contribution in [0.3, 0.4) is 0 Å². The molecular weight excluding hydrogens is 317 g/mol. The van der Waals surface area contributed by atoms with Crippen LogP contribution in [-0.2, 0) is 0 Å². The lowest BCUT2D eigenvalue weighted by molar-refractivity contribution is 0.163. The van der Waals surface area contributed by atoms with Gasteiger partial charge in [0.2, 0.25) is 0 Å². The van der Waals surface area contributed by atoms with Crippen LogP contribution in [0.5, 0.6) is 0 Å². The largest absolute Gasteiger partial charge is 0.314 e. The van der Waals surface area contributed by atoms with Crippen LogP contribution in [-0.4, -0.2) is 36.1 Å². The van der Waals surface area contributed by atoms with Gasteiger partial charge in [0.1, 0.15) is 0 Å². The average molecular weight is 341 g/mol. The highest BCUT2D eigenvalue weighted by Crippen LogP contribution is 2.31. The van der Waals surface area contributed by atoms with Gasteiger partial charge in [-0.25, -0.2) is 0 Å². The minimum Gasteiger partial charge on any atom is -0.314 e. The zero-order valence-electron chi connectivity index (χ0n) is 11.8. The maximum absolute atomic E-state index is 6.31. The third-order valence-electron chi connectivity index (χ3n) is 3.59. The van der Waals surface area contributed by atoms with E-state index >= 15 is 0 Å². The Labute approximate surface area is 139 Å². The molecule has 1 atom stereocenters. The van der Waals surface area contributed by atoms with Crippen LogP contribution in [0, 0.1) is 0 Å². The molecule has 0 spiro atoms. The van der Waals surface area contributed by atoms with Crippen molar-refractivity contribution in [2.75, 3.05) is 26.2 Å². The van der Waals surface area contributed by atoms with Crippen molar-refractivity contribution in [3.05, 3.63) is 29.0 Å². The van der Waals surface area contributed by atoms with E-state index in [-0.39, 0.29) is 24.8 Å². The summed E-state index contributed by atoms with van der Waals surface area (Å²) in [6.45, 7) is 6.60. The summed E-state index contributed by atoms with van der Waals surface area (Å²) in [4.78, 5) is 6.64. The van der Waals surface area contributed by atoms with Gasteiger partial charge in [-0.3, -0.25) is 9.88 Å². The average Bonchev–Trinajstić information content (AvgIpc) is 2.42. The number of hydrogen-bond acceptors (Lipinski definition) is 3. The predicted octanol–water partition coefficient (Wildman–Crippen LogP) is 3.72. The summed E-state index contributed by atoms with van der Waals surface area (Å²) in [6.07, 6.45) is 7.26. The lowest BCUT2D eigenvalue weighted by Crippen LogP contribution is -2.45. The van der Waals surface area contributed by atoms with E-state index in [1.807, 2.05) is 6.20 Å². The fraction of sp³-hybridized carbons (Fsp3) is 0.643. The van der Waals surface area contributed by atoms with E-state index in [0.29, 0.717) is 6.04 Å². The first kappa shape index (κ1) is 19.9. The number of pyridine rings is 1. The molecule has 0 unspecified atom stereocenters. The van der Waals surface area contributed by atoms with Crippen molar-refractivity contribution in [1.29, 1.82) is 0 Å². The number of rotatable bonds is 5. The van der Waals surface area contributed by atoms with Crippen molar-refractivity contribution in [1.82, 2.24) is 15.2 Å². The third kappa shape index (κ3) is 5.38. The molecule has 1 fully saturated rings. The highest BCUT2D eigenvalue weighted by molar-refractivity contribution is 6.31. The molecule has 0 saturated carbocycles. The second kappa shape index (κ2) is 10.6. The molecule has 1 N–H and O–H groups in total. The van der Waals surface area contributed by atoms with E-state index in [1.165, 1.54) is 24.8 Å². The van der Waals surface area contributed by atoms with Gasteiger partial charge >= 0.3 is 0 Å². The van der Waals surface area contributed by atoms with Gasteiger partial charge in [0, 0.05) is 44.6 Å². The van der Waals surface area contributed by atoms with Crippen molar-refractivity contribution in [3.8, 4) is 0 Å². The monoisotopic (exact) mass is 339 g/mol. The number of halogens is 3. The Morgan fingerprint density at radius 1 is 1.35 bits per heavy atom. The number of nitrogens with one attached hydrogen (secondary N) is 1. The summed E-state index contributed by atoms with van der Waals surface area (Å²) in [5.41, 5.74) is 1.24. The number of piperazine rings is 1. The Bertz CT molecular complexity index is 370.